The Hall–Kier alpha value is -0.602. The molecule has 2 amide bonds. The molecule has 0 saturated heterocycles. The molecule has 0 spiro atoms. The van der Waals surface area contributed by atoms with Crippen LogP contribution in [0.4, 0.5) is 0 Å². The third-order valence-corrected chi connectivity index (χ3v) is 3.01. The summed E-state index contributed by atoms with van der Waals surface area (Å²) in [4.78, 5) is 43.8. The number of nitrogens with two attached hydrogens (primary N) is 1. The van der Waals surface area contributed by atoms with Gasteiger partial charge in [-0.15, -0.1) is 0 Å². The molecular weight excluding hydrogens is 495 g/mol. The van der Waals surface area contributed by atoms with E-state index in [2.05, 4.69) is 40.3 Å². The molecule has 2 atom stereocenters. The monoisotopic (exact) mass is 517 g/mol. The summed E-state index contributed by atoms with van der Waals surface area (Å²) in [6.45, 7) is -0.540. The van der Waals surface area contributed by atoms with Crippen molar-refractivity contribution in [2.24, 2.45) is 5.73 Å². The third-order valence-electron chi connectivity index (χ3n) is 2.25. The summed E-state index contributed by atoms with van der Waals surface area (Å²) in [6.07, 6.45) is -0.188. The van der Waals surface area contributed by atoms with Crippen molar-refractivity contribution in [3.63, 3.8) is 0 Å². The summed E-state index contributed by atoms with van der Waals surface area (Å²) >= 11 is 6.60. The van der Waals surface area contributed by atoms with E-state index in [1.54, 1.807) is 0 Å². The van der Waals surface area contributed by atoms with Crippen molar-refractivity contribution in [3.05, 3.63) is 0 Å². The van der Waals surface area contributed by atoms with Crippen LogP contribution in [0.15, 0.2) is 0 Å². The van der Waals surface area contributed by atoms with Gasteiger partial charge in [-0.3, -0.25) is 0 Å². The molecule has 0 rings (SSSR count). The van der Waals surface area contributed by atoms with Crippen molar-refractivity contribution in [1.82, 2.24) is 10.6 Å². The van der Waals surface area contributed by atoms with Gasteiger partial charge in [0, 0.05) is 0 Å². The van der Waals surface area contributed by atoms with Gasteiger partial charge in [0.25, 0.3) is 0 Å². The molecule has 0 fully saturated rings. The summed E-state index contributed by atoms with van der Waals surface area (Å²) in [5, 5.41) is 21.7. The molecule has 0 unspecified atom stereocenters. The molecule has 6 N–H and O–H groups in total. The Morgan fingerprint density at radius 3 is 2.18 bits per heavy atom. The number of rotatable bonds is 9. The number of nitrogens with one attached hydrogen (secondary N) is 2. The van der Waals surface area contributed by atoms with E-state index in [0.717, 1.165) is 0 Å². The van der Waals surface area contributed by atoms with Crippen LogP contribution >= 0.6 is 0 Å². The van der Waals surface area contributed by atoms with E-state index in [1.165, 1.54) is 0 Å². The van der Waals surface area contributed by atoms with E-state index >= 15 is 0 Å². The van der Waals surface area contributed by atoms with Crippen LogP contribution in [0.1, 0.15) is 12.8 Å². The van der Waals surface area contributed by atoms with Gasteiger partial charge in [0.2, 0.25) is 0 Å². The third kappa shape index (κ3) is 12.0. The minimum absolute atomic E-state index is 0.0524. The Morgan fingerprint density at radius 2 is 1.77 bits per heavy atom. The summed E-state index contributed by atoms with van der Waals surface area (Å²) in [5.41, 5.74) is 5.24. The summed E-state index contributed by atoms with van der Waals surface area (Å²) in [7, 11) is 0. The molecule has 0 heterocycles. The van der Waals surface area contributed by atoms with Gasteiger partial charge in [-0.25, -0.2) is 0 Å². The molecule has 0 aromatic heterocycles. The van der Waals surface area contributed by atoms with Crippen LogP contribution in [0.25, 0.3) is 0 Å². The Kier molecular flexibility index (Phi) is 15.1. The Bertz CT molecular complexity index is 409. The first-order chi connectivity index (χ1) is 10.3. The second kappa shape index (κ2) is 14.0. The van der Waals surface area contributed by atoms with Crippen LogP contribution < -0.4 is 16.4 Å². The summed E-state index contributed by atoms with van der Waals surface area (Å²) in [5.74, 6) is -3.55. The van der Waals surface area contributed by atoms with Gasteiger partial charge in [-0.1, -0.05) is 0 Å². The van der Waals surface area contributed by atoms with E-state index in [4.69, 9.17) is 15.9 Å². The predicted octanol–water partition coefficient (Wildman–Crippen LogP) is -4.11. The minimum atomic E-state index is -1.21. The van der Waals surface area contributed by atoms with Crippen LogP contribution in [-0.2, 0) is 19.2 Å². The number of amides is 2. The number of carboxylic acid groups (broad SMARTS) is 2. The fourth-order valence-corrected chi connectivity index (χ4v) is 1.70. The van der Waals surface area contributed by atoms with Gasteiger partial charge in [-0.05, 0) is 0 Å². The zero-order valence-electron chi connectivity index (χ0n) is 11.4. The number of aliphatic carboxylic acids is 2. The second-order valence-corrected chi connectivity index (χ2v) is 4.66. The SMILES string of the molecule is N[C@@H](CCC(=O)N[C@@H](C[SeH])C(=O)NCC(=O)O)C(=O)O.[Se]=[SeH2]. The van der Waals surface area contributed by atoms with Gasteiger partial charge >= 0.3 is 150 Å². The van der Waals surface area contributed by atoms with E-state index in [0.29, 0.717) is 0 Å². The van der Waals surface area contributed by atoms with E-state index < -0.39 is 42.4 Å². The maximum absolute atomic E-state index is 11.5. The van der Waals surface area contributed by atoms with Gasteiger partial charge in [-0.2, -0.15) is 0 Å². The first-order valence-electron chi connectivity index (χ1n) is 5.86. The number of hydrogen-bond acceptors (Lipinski definition) is 5. The molecule has 0 saturated carbocycles. The van der Waals surface area contributed by atoms with E-state index in [9.17, 15) is 19.2 Å². The second-order valence-electron chi connectivity index (χ2n) is 3.90. The van der Waals surface area contributed by atoms with Gasteiger partial charge in [0.05, 0.1) is 0 Å². The standard InChI is InChI=1S/C10H17N3O6Se.H2Se2/c11-5(10(18)19)1-2-7(14)13-6(4-20)9(17)12-3-8(15)16;1-2/h5-6,20H,1-4,11H2,(H,12,17)(H,13,14)(H,15,16)(H,18,19);1H2/t5-,6-;/m0./s1. The summed E-state index contributed by atoms with van der Waals surface area (Å²) < 4.78 is 0. The molecule has 22 heavy (non-hydrogen) atoms. The first-order valence-corrected chi connectivity index (χ1v) is 12.5. The molecule has 128 valence electrons. The Balaban J connectivity index is 0. The maximum atomic E-state index is 11.5. The zero-order chi connectivity index (χ0) is 17.7. The normalized spacial score (nSPS) is 12.1. The number of carbonyl (C=O) groups is 4. The van der Waals surface area contributed by atoms with Crippen LogP contribution in [-0.4, -0.2) is 95.9 Å². The number of carbonyl (C=O) groups excluding carboxylic acids is 2. The predicted molar refractivity (Wildman–Crippen MR) is 83.7 cm³/mol. The first kappa shape index (κ1) is 23.7. The fraction of sp³-hybridized carbons (Fsp3) is 0.600. The average molecular weight is 514 g/mol. The van der Waals surface area contributed by atoms with Crippen molar-refractivity contribution in [1.29, 1.82) is 0 Å². The van der Waals surface area contributed by atoms with Gasteiger partial charge in [0.15, 0.2) is 0 Å². The van der Waals surface area contributed by atoms with Crippen molar-refractivity contribution in [2.45, 2.75) is 30.2 Å². The number of hydrogen-bond donors (Lipinski definition) is 5. The topological polar surface area (TPSA) is 159 Å². The van der Waals surface area contributed by atoms with Gasteiger partial charge < -0.3 is 0 Å². The molecule has 12 heteroatoms. The molecule has 0 bridgehead atoms. The average Bonchev–Trinajstić information content (AvgIpc) is 2.49. The van der Waals surface area contributed by atoms with Crippen LogP contribution in [0.3, 0.4) is 0 Å². The van der Waals surface area contributed by atoms with Crippen molar-refractivity contribution in [2.75, 3.05) is 6.54 Å². The molecule has 0 radical (unpaired) electrons. The molecule has 0 aromatic carbocycles. The van der Waals surface area contributed by atoms with E-state index in [-0.39, 0.29) is 18.2 Å². The molecule has 9 nitrogen and oxygen atoms in total. The van der Waals surface area contributed by atoms with Crippen molar-refractivity contribution < 1.29 is 29.4 Å². The van der Waals surface area contributed by atoms with Crippen LogP contribution in [0.2, 0.25) is 5.32 Å². The molecule has 0 aliphatic carbocycles. The van der Waals surface area contributed by atoms with Crippen molar-refractivity contribution >= 4 is 67.1 Å². The van der Waals surface area contributed by atoms with Gasteiger partial charge in [0.1, 0.15) is 0 Å². The molecule has 0 aliphatic rings. The molecular formula is C10H19N3O6Se3. The van der Waals surface area contributed by atoms with E-state index in [1.807, 2.05) is 13.7 Å². The van der Waals surface area contributed by atoms with Crippen LogP contribution in [0.5, 0.6) is 0 Å². The fourth-order valence-electron chi connectivity index (χ4n) is 1.16. The Morgan fingerprint density at radius 1 is 1.23 bits per heavy atom. The Labute approximate surface area is 149 Å². The van der Waals surface area contributed by atoms with Crippen molar-refractivity contribution in [3.8, 4) is 0 Å². The zero-order valence-corrected chi connectivity index (χ0v) is 17.1. The summed E-state index contributed by atoms with van der Waals surface area (Å²) in [6, 6.07) is -2.03. The van der Waals surface area contributed by atoms with Crippen LogP contribution in [0, 0.1) is 0 Å². The molecule has 0 aliphatic heterocycles. The number of carboxylic acids is 2. The molecule has 0 aromatic rings. The quantitative estimate of drug-likeness (QED) is 0.196.